The number of carbonyl (C=O) groups is 1. The smallest absolute Gasteiger partial charge is 0.262 e. The van der Waals surface area contributed by atoms with Gasteiger partial charge in [0.2, 0.25) is 5.91 Å². The maximum Gasteiger partial charge on any atom is 0.262 e. The number of amides is 1. The molecule has 0 atom stereocenters. The van der Waals surface area contributed by atoms with Gasteiger partial charge in [-0.25, -0.2) is 8.42 Å². The van der Waals surface area contributed by atoms with Crippen LogP contribution in [-0.4, -0.2) is 20.9 Å². The standard InChI is InChI=1S/C9H11ClN2O4S/c1-6-7(10)3-2-4-8(6)17(14,15)12-16-5-9(11)13/h2-4,12H,5H2,1H3,(H2,11,13). The predicted molar refractivity (Wildman–Crippen MR) is 61.7 cm³/mol. The summed E-state index contributed by atoms with van der Waals surface area (Å²) >= 11 is 5.80. The Bertz CT molecular complexity index is 530. The number of hydrogen-bond donors (Lipinski definition) is 2. The zero-order valence-corrected chi connectivity index (χ0v) is 10.5. The summed E-state index contributed by atoms with van der Waals surface area (Å²) in [4.78, 5) is 16.6. The van der Waals surface area contributed by atoms with Crippen LogP contribution in [0.3, 0.4) is 0 Å². The minimum atomic E-state index is -3.87. The number of halogens is 1. The first kappa shape index (κ1) is 13.9. The zero-order valence-electron chi connectivity index (χ0n) is 8.94. The molecule has 94 valence electrons. The highest BCUT2D eigenvalue weighted by Gasteiger charge is 2.18. The van der Waals surface area contributed by atoms with Gasteiger partial charge in [0.15, 0.2) is 0 Å². The molecular formula is C9H11ClN2O4S. The lowest BCUT2D eigenvalue weighted by molar-refractivity contribution is -0.123. The number of sulfonamides is 1. The third kappa shape index (κ3) is 3.67. The molecule has 1 amide bonds. The second-order valence-corrected chi connectivity index (χ2v) is 5.23. The van der Waals surface area contributed by atoms with Crippen molar-refractivity contribution < 1.29 is 18.0 Å². The zero-order chi connectivity index (χ0) is 13.1. The SMILES string of the molecule is Cc1c(Cl)cccc1S(=O)(=O)NOCC(N)=O. The molecule has 0 aliphatic rings. The van der Waals surface area contributed by atoms with E-state index in [2.05, 4.69) is 4.84 Å². The van der Waals surface area contributed by atoms with Crippen LogP contribution in [0, 0.1) is 6.92 Å². The highest BCUT2D eigenvalue weighted by molar-refractivity contribution is 7.89. The van der Waals surface area contributed by atoms with E-state index in [9.17, 15) is 13.2 Å². The second kappa shape index (κ2) is 5.46. The summed E-state index contributed by atoms with van der Waals surface area (Å²) in [6.07, 6.45) is 0. The van der Waals surface area contributed by atoms with Crippen LogP contribution in [0.1, 0.15) is 5.56 Å². The normalized spacial score (nSPS) is 11.4. The van der Waals surface area contributed by atoms with Crippen molar-refractivity contribution in [2.45, 2.75) is 11.8 Å². The number of hydrogen-bond acceptors (Lipinski definition) is 4. The molecule has 0 fully saturated rings. The lowest BCUT2D eigenvalue weighted by Crippen LogP contribution is -2.29. The van der Waals surface area contributed by atoms with E-state index in [1.165, 1.54) is 12.1 Å². The molecule has 1 aromatic carbocycles. The first-order valence-electron chi connectivity index (χ1n) is 4.51. The fourth-order valence-electron chi connectivity index (χ4n) is 1.10. The molecule has 0 bridgehead atoms. The number of nitrogens with one attached hydrogen (secondary N) is 1. The fraction of sp³-hybridized carbons (Fsp3) is 0.222. The van der Waals surface area contributed by atoms with Gasteiger partial charge in [-0.15, -0.1) is 0 Å². The Kier molecular flexibility index (Phi) is 4.47. The molecule has 1 rings (SSSR count). The minimum absolute atomic E-state index is 0.0190. The van der Waals surface area contributed by atoms with Crippen molar-refractivity contribution in [1.29, 1.82) is 0 Å². The van der Waals surface area contributed by atoms with Gasteiger partial charge in [0.25, 0.3) is 10.0 Å². The van der Waals surface area contributed by atoms with Gasteiger partial charge in [-0.05, 0) is 24.6 Å². The highest BCUT2D eigenvalue weighted by atomic mass is 35.5. The van der Waals surface area contributed by atoms with E-state index in [1.54, 1.807) is 17.9 Å². The molecule has 0 unspecified atom stereocenters. The summed E-state index contributed by atoms with van der Waals surface area (Å²) in [6, 6.07) is 4.44. The molecule has 0 saturated heterocycles. The summed E-state index contributed by atoms with van der Waals surface area (Å²) < 4.78 is 23.5. The molecule has 0 heterocycles. The van der Waals surface area contributed by atoms with Gasteiger partial charge < -0.3 is 5.73 Å². The van der Waals surface area contributed by atoms with Crippen LogP contribution in [-0.2, 0) is 19.7 Å². The molecule has 1 aromatic rings. The molecule has 0 saturated carbocycles. The topological polar surface area (TPSA) is 98.5 Å². The van der Waals surface area contributed by atoms with Crippen molar-refractivity contribution in [2.75, 3.05) is 6.61 Å². The van der Waals surface area contributed by atoms with Gasteiger partial charge >= 0.3 is 0 Å². The average Bonchev–Trinajstić information content (AvgIpc) is 2.21. The summed E-state index contributed by atoms with van der Waals surface area (Å²) in [6.45, 7) is 1.02. The predicted octanol–water partition coefficient (Wildman–Crippen LogP) is 0.344. The molecule has 0 aromatic heterocycles. The summed E-state index contributed by atoms with van der Waals surface area (Å²) in [5.41, 5.74) is 5.19. The molecule has 3 N–H and O–H groups in total. The Morgan fingerprint density at radius 2 is 2.18 bits per heavy atom. The van der Waals surface area contributed by atoms with Crippen LogP contribution < -0.4 is 10.6 Å². The van der Waals surface area contributed by atoms with Crippen molar-refractivity contribution >= 4 is 27.5 Å². The molecule has 6 nitrogen and oxygen atoms in total. The Labute approximate surface area is 104 Å². The fourth-order valence-corrected chi connectivity index (χ4v) is 2.41. The van der Waals surface area contributed by atoms with Crippen molar-refractivity contribution in [3.63, 3.8) is 0 Å². The number of rotatable bonds is 5. The molecule has 0 aliphatic carbocycles. The van der Waals surface area contributed by atoms with E-state index in [0.29, 0.717) is 10.6 Å². The summed E-state index contributed by atoms with van der Waals surface area (Å²) in [5.74, 6) is -0.782. The highest BCUT2D eigenvalue weighted by Crippen LogP contribution is 2.22. The Balaban J connectivity index is 2.90. The third-order valence-corrected chi connectivity index (χ3v) is 3.66. The van der Waals surface area contributed by atoms with Gasteiger partial charge in [-0.2, -0.15) is 0 Å². The van der Waals surface area contributed by atoms with Crippen LogP contribution >= 0.6 is 11.6 Å². The lowest BCUT2D eigenvalue weighted by atomic mass is 10.2. The van der Waals surface area contributed by atoms with Gasteiger partial charge in [-0.1, -0.05) is 22.6 Å². The van der Waals surface area contributed by atoms with Crippen molar-refractivity contribution in [3.8, 4) is 0 Å². The molecule has 8 heteroatoms. The monoisotopic (exact) mass is 278 g/mol. The molecule has 0 radical (unpaired) electrons. The van der Waals surface area contributed by atoms with Gasteiger partial charge in [0, 0.05) is 5.02 Å². The maximum atomic E-state index is 11.7. The lowest BCUT2D eigenvalue weighted by Gasteiger charge is -2.09. The quantitative estimate of drug-likeness (QED) is 0.759. The van der Waals surface area contributed by atoms with E-state index in [1.807, 2.05) is 0 Å². The maximum absolute atomic E-state index is 11.7. The van der Waals surface area contributed by atoms with Crippen molar-refractivity contribution in [3.05, 3.63) is 28.8 Å². The van der Waals surface area contributed by atoms with Gasteiger partial charge in [-0.3, -0.25) is 9.63 Å². The van der Waals surface area contributed by atoms with Crippen LogP contribution in [0.25, 0.3) is 0 Å². The number of benzene rings is 1. The van der Waals surface area contributed by atoms with Crippen molar-refractivity contribution in [2.24, 2.45) is 5.73 Å². The van der Waals surface area contributed by atoms with Crippen LogP contribution in [0.15, 0.2) is 23.1 Å². The van der Waals surface area contributed by atoms with E-state index >= 15 is 0 Å². The first-order valence-corrected chi connectivity index (χ1v) is 6.37. The van der Waals surface area contributed by atoms with Crippen molar-refractivity contribution in [1.82, 2.24) is 4.89 Å². The van der Waals surface area contributed by atoms with Crippen LogP contribution in [0.4, 0.5) is 0 Å². The van der Waals surface area contributed by atoms with Crippen LogP contribution in [0.2, 0.25) is 5.02 Å². The Morgan fingerprint density at radius 3 is 2.76 bits per heavy atom. The molecule has 0 aliphatic heterocycles. The summed E-state index contributed by atoms with van der Waals surface area (Å²) in [5, 5.41) is 0.322. The van der Waals surface area contributed by atoms with Crippen LogP contribution in [0.5, 0.6) is 0 Å². The van der Waals surface area contributed by atoms with Gasteiger partial charge in [0.05, 0.1) is 4.90 Å². The van der Waals surface area contributed by atoms with E-state index in [-0.39, 0.29) is 4.90 Å². The molecular weight excluding hydrogens is 268 g/mol. The largest absolute Gasteiger partial charge is 0.368 e. The van der Waals surface area contributed by atoms with E-state index < -0.39 is 22.5 Å². The molecule has 17 heavy (non-hydrogen) atoms. The number of carbonyl (C=O) groups excluding carboxylic acids is 1. The Hall–Kier alpha value is -1.15. The second-order valence-electron chi connectivity index (χ2n) is 3.20. The molecule has 0 spiro atoms. The van der Waals surface area contributed by atoms with Gasteiger partial charge in [0.1, 0.15) is 6.61 Å². The number of primary amides is 1. The minimum Gasteiger partial charge on any atom is -0.368 e. The van der Waals surface area contributed by atoms with E-state index in [0.717, 1.165) is 0 Å². The average molecular weight is 279 g/mol. The Morgan fingerprint density at radius 1 is 1.53 bits per heavy atom. The summed E-state index contributed by atoms with van der Waals surface area (Å²) in [7, 11) is -3.87. The third-order valence-electron chi connectivity index (χ3n) is 1.89. The first-order chi connectivity index (χ1) is 7.84. The number of nitrogens with two attached hydrogens (primary N) is 1. The van der Waals surface area contributed by atoms with E-state index in [4.69, 9.17) is 17.3 Å².